The Balaban J connectivity index is 1.97. The first-order valence-corrected chi connectivity index (χ1v) is 5.76. The van der Waals surface area contributed by atoms with Crippen molar-refractivity contribution in [1.29, 1.82) is 0 Å². The molecule has 82 valence electrons. The van der Waals surface area contributed by atoms with Gasteiger partial charge in [-0.3, -0.25) is 15.7 Å². The second-order valence-corrected chi connectivity index (χ2v) is 4.47. The molecule has 0 saturated carbocycles. The molecular formula is C10H10N4OS. The number of aliphatic imine (C=N–C) groups is 2. The van der Waals surface area contributed by atoms with Crippen LogP contribution in [0.5, 0.6) is 0 Å². The number of hydrogen-bond donors (Lipinski definition) is 2. The number of fused-ring (bicyclic) bond motifs is 3. The summed E-state index contributed by atoms with van der Waals surface area (Å²) in [6, 6.07) is 5.96. The number of amidine groups is 1. The molecule has 0 saturated heterocycles. The van der Waals surface area contributed by atoms with Crippen LogP contribution < -0.4 is 10.4 Å². The van der Waals surface area contributed by atoms with E-state index in [2.05, 4.69) is 14.9 Å². The average molecular weight is 234 g/mol. The summed E-state index contributed by atoms with van der Waals surface area (Å²) in [6.45, 7) is 1.81. The van der Waals surface area contributed by atoms with E-state index < -0.39 is 0 Å². The summed E-state index contributed by atoms with van der Waals surface area (Å²) in [6.07, 6.45) is 1.25. The number of hydrogen-bond acceptors (Lipinski definition) is 5. The fraction of sp³-hybridized carbons (Fsp3) is 0.200. The predicted octanol–water partition coefficient (Wildman–Crippen LogP) is 1.61. The van der Waals surface area contributed by atoms with Crippen molar-refractivity contribution in [2.75, 3.05) is 18.0 Å². The highest BCUT2D eigenvalue weighted by Gasteiger charge is 2.29. The monoisotopic (exact) mass is 234 g/mol. The Hall–Kier alpha value is -1.53. The SMILES string of the molecule is ONC=Nc1ccc2c(c1)N1CCN=C1S2. The zero-order chi connectivity index (χ0) is 11.0. The lowest BCUT2D eigenvalue weighted by Crippen LogP contribution is -2.20. The predicted molar refractivity (Wildman–Crippen MR) is 65.0 cm³/mol. The maximum atomic E-state index is 8.44. The van der Waals surface area contributed by atoms with Crippen LogP contribution in [0.2, 0.25) is 0 Å². The van der Waals surface area contributed by atoms with Gasteiger partial charge >= 0.3 is 0 Å². The van der Waals surface area contributed by atoms with E-state index in [1.54, 1.807) is 11.8 Å². The Bertz CT molecular complexity index is 486. The van der Waals surface area contributed by atoms with E-state index >= 15 is 0 Å². The number of anilines is 1. The minimum absolute atomic E-state index is 0.814. The van der Waals surface area contributed by atoms with Crippen LogP contribution in [0.15, 0.2) is 33.1 Å². The molecule has 3 rings (SSSR count). The van der Waals surface area contributed by atoms with Crippen molar-refractivity contribution in [3.63, 3.8) is 0 Å². The van der Waals surface area contributed by atoms with Gasteiger partial charge in [-0.05, 0) is 30.0 Å². The van der Waals surface area contributed by atoms with Crippen molar-refractivity contribution in [1.82, 2.24) is 5.48 Å². The molecule has 2 aliphatic heterocycles. The fourth-order valence-electron chi connectivity index (χ4n) is 1.82. The smallest absolute Gasteiger partial charge is 0.168 e. The second kappa shape index (κ2) is 3.80. The van der Waals surface area contributed by atoms with Crippen molar-refractivity contribution in [3.05, 3.63) is 18.2 Å². The molecule has 0 fully saturated rings. The van der Waals surface area contributed by atoms with E-state index in [1.165, 1.54) is 11.2 Å². The summed E-state index contributed by atoms with van der Waals surface area (Å²) in [5, 5.41) is 9.52. The molecule has 0 unspecified atom stereocenters. The third-order valence-electron chi connectivity index (χ3n) is 2.51. The molecular weight excluding hydrogens is 224 g/mol. The van der Waals surface area contributed by atoms with Crippen LogP contribution in [-0.4, -0.2) is 29.8 Å². The van der Waals surface area contributed by atoms with Crippen LogP contribution >= 0.6 is 11.8 Å². The molecule has 6 heteroatoms. The van der Waals surface area contributed by atoms with Gasteiger partial charge in [0.25, 0.3) is 0 Å². The third-order valence-corrected chi connectivity index (χ3v) is 3.60. The van der Waals surface area contributed by atoms with Crippen molar-refractivity contribution in [3.8, 4) is 0 Å². The summed E-state index contributed by atoms with van der Waals surface area (Å²) >= 11 is 1.70. The largest absolute Gasteiger partial charge is 0.318 e. The number of nitrogens with one attached hydrogen (secondary N) is 1. The lowest BCUT2D eigenvalue weighted by molar-refractivity contribution is 0.240. The molecule has 2 N–H and O–H groups in total. The van der Waals surface area contributed by atoms with Crippen molar-refractivity contribution >= 4 is 34.6 Å². The molecule has 2 aliphatic rings. The minimum atomic E-state index is 0.814. The molecule has 16 heavy (non-hydrogen) atoms. The average Bonchev–Trinajstić information content (AvgIpc) is 2.86. The summed E-state index contributed by atoms with van der Waals surface area (Å²) in [7, 11) is 0. The molecule has 0 spiro atoms. The first-order chi connectivity index (χ1) is 7.88. The number of benzene rings is 1. The van der Waals surface area contributed by atoms with Crippen LogP contribution in [-0.2, 0) is 0 Å². The molecule has 5 nitrogen and oxygen atoms in total. The maximum Gasteiger partial charge on any atom is 0.168 e. The van der Waals surface area contributed by atoms with E-state index in [-0.39, 0.29) is 0 Å². The van der Waals surface area contributed by atoms with Gasteiger partial charge in [0.1, 0.15) is 6.34 Å². The van der Waals surface area contributed by atoms with Crippen molar-refractivity contribution < 1.29 is 5.21 Å². The number of rotatable bonds is 2. The van der Waals surface area contributed by atoms with Gasteiger partial charge in [-0.2, -0.15) is 0 Å². The summed E-state index contributed by atoms with van der Waals surface area (Å²) in [5.74, 6) is 0. The quantitative estimate of drug-likeness (QED) is 0.463. The molecule has 0 bridgehead atoms. The van der Waals surface area contributed by atoms with Gasteiger partial charge in [0.05, 0.1) is 17.9 Å². The van der Waals surface area contributed by atoms with E-state index in [9.17, 15) is 0 Å². The Kier molecular flexibility index (Phi) is 2.30. The van der Waals surface area contributed by atoms with E-state index in [0.717, 1.165) is 29.6 Å². The normalized spacial score (nSPS) is 17.6. The van der Waals surface area contributed by atoms with Gasteiger partial charge in [-0.1, -0.05) is 0 Å². The highest BCUT2D eigenvalue weighted by Crippen LogP contribution is 2.43. The van der Waals surface area contributed by atoms with Crippen LogP contribution in [0, 0.1) is 0 Å². The van der Waals surface area contributed by atoms with Gasteiger partial charge in [-0.25, -0.2) is 4.99 Å². The number of thioether (sulfide) groups is 1. The Morgan fingerprint density at radius 1 is 1.56 bits per heavy atom. The fourth-order valence-corrected chi connectivity index (χ4v) is 2.88. The van der Waals surface area contributed by atoms with Gasteiger partial charge in [-0.15, -0.1) is 0 Å². The molecule has 0 atom stereocenters. The molecule has 0 aromatic heterocycles. The van der Waals surface area contributed by atoms with Crippen molar-refractivity contribution in [2.24, 2.45) is 9.98 Å². The highest BCUT2D eigenvalue weighted by atomic mass is 32.2. The Morgan fingerprint density at radius 2 is 2.50 bits per heavy atom. The first kappa shape index (κ1) is 9.68. The molecule has 2 heterocycles. The van der Waals surface area contributed by atoms with E-state index in [1.807, 2.05) is 23.7 Å². The Morgan fingerprint density at radius 3 is 3.38 bits per heavy atom. The summed E-state index contributed by atoms with van der Waals surface area (Å²) in [5.41, 5.74) is 3.87. The number of hydroxylamine groups is 1. The van der Waals surface area contributed by atoms with E-state index in [0.29, 0.717) is 0 Å². The highest BCUT2D eigenvalue weighted by molar-refractivity contribution is 8.14. The zero-order valence-corrected chi connectivity index (χ0v) is 9.24. The molecule has 0 radical (unpaired) electrons. The number of nitrogens with zero attached hydrogens (tertiary/aromatic N) is 3. The van der Waals surface area contributed by atoms with Gasteiger partial charge < -0.3 is 4.90 Å². The molecule has 1 aromatic rings. The Labute approximate surface area is 96.9 Å². The third kappa shape index (κ3) is 1.46. The molecule has 0 amide bonds. The van der Waals surface area contributed by atoms with Crippen LogP contribution in [0.25, 0.3) is 0 Å². The second-order valence-electron chi connectivity index (χ2n) is 3.46. The zero-order valence-electron chi connectivity index (χ0n) is 8.42. The topological polar surface area (TPSA) is 60.2 Å². The summed E-state index contributed by atoms with van der Waals surface area (Å²) in [4.78, 5) is 11.9. The van der Waals surface area contributed by atoms with Crippen LogP contribution in [0.1, 0.15) is 0 Å². The lowest BCUT2D eigenvalue weighted by atomic mass is 10.2. The van der Waals surface area contributed by atoms with Gasteiger partial charge in [0, 0.05) is 11.4 Å². The lowest BCUT2D eigenvalue weighted by Gasteiger charge is -2.12. The van der Waals surface area contributed by atoms with Crippen LogP contribution in [0.4, 0.5) is 11.4 Å². The van der Waals surface area contributed by atoms with Gasteiger partial charge in [0.2, 0.25) is 0 Å². The standard InChI is InChI=1S/C10H10N4OS/c15-13-6-12-7-1-2-9-8(5-7)14-4-3-11-10(14)16-9/h1-2,5-6,15H,3-4H2,(H,12,13). The first-order valence-electron chi connectivity index (χ1n) is 4.94. The van der Waals surface area contributed by atoms with Crippen LogP contribution in [0.3, 0.4) is 0 Å². The molecule has 1 aromatic carbocycles. The minimum Gasteiger partial charge on any atom is -0.318 e. The van der Waals surface area contributed by atoms with Crippen molar-refractivity contribution in [2.45, 2.75) is 4.90 Å². The van der Waals surface area contributed by atoms with Gasteiger partial charge in [0.15, 0.2) is 5.17 Å². The van der Waals surface area contributed by atoms with E-state index in [4.69, 9.17) is 5.21 Å². The molecule has 0 aliphatic carbocycles. The maximum absolute atomic E-state index is 8.44. The summed E-state index contributed by atoms with van der Waals surface area (Å²) < 4.78 is 0.